The molecule has 0 radical (unpaired) electrons. The molecule has 0 saturated heterocycles. The lowest BCUT2D eigenvalue weighted by molar-refractivity contribution is -0.385. The van der Waals surface area contributed by atoms with Crippen molar-refractivity contribution >= 4 is 17.6 Å². The zero-order valence-electron chi connectivity index (χ0n) is 13.4. The molecule has 0 aliphatic heterocycles. The average Bonchev–Trinajstić information content (AvgIpc) is 2.81. The highest BCUT2D eigenvalue weighted by molar-refractivity contribution is 5.97. The van der Waals surface area contributed by atoms with E-state index in [1.807, 2.05) is 0 Å². The number of carboxylic acids is 1. The van der Waals surface area contributed by atoms with E-state index in [1.54, 1.807) is 0 Å². The summed E-state index contributed by atoms with van der Waals surface area (Å²) in [5.41, 5.74) is -0.318. The molecule has 0 saturated carbocycles. The number of aryl methyl sites for hydroxylation is 2. The molecule has 1 atom stereocenters. The highest BCUT2D eigenvalue weighted by Gasteiger charge is 2.31. The van der Waals surface area contributed by atoms with Crippen LogP contribution in [0.15, 0.2) is 24.3 Å². The second-order valence-electron chi connectivity index (χ2n) is 5.34. The van der Waals surface area contributed by atoms with Crippen molar-refractivity contribution in [2.45, 2.75) is 19.4 Å². The zero-order chi connectivity index (χ0) is 18.7. The number of rotatable bonds is 6. The summed E-state index contributed by atoms with van der Waals surface area (Å²) in [7, 11) is 1.37. The molecule has 10 heteroatoms. The van der Waals surface area contributed by atoms with Crippen molar-refractivity contribution in [3.63, 3.8) is 0 Å². The zero-order valence-corrected chi connectivity index (χ0v) is 13.4. The maximum Gasteiger partial charge on any atom is 0.322 e. The summed E-state index contributed by atoms with van der Waals surface area (Å²) in [6, 6.07) is 3.96. The first kappa shape index (κ1) is 18.0. The standard InChI is InChI=1S/C15H15FN4O5/c1-8-13(20(24)25)14(19(2)18-8)15(23)17-11(7-12(21)22)9-3-5-10(16)6-4-9/h3-6,11H,7H2,1-2H3,(H,17,23)(H,21,22). The number of hydrogen-bond donors (Lipinski definition) is 2. The van der Waals surface area contributed by atoms with Gasteiger partial charge < -0.3 is 10.4 Å². The average molecular weight is 350 g/mol. The Balaban J connectivity index is 2.36. The van der Waals surface area contributed by atoms with E-state index in [0.29, 0.717) is 5.56 Å². The number of nitro groups is 1. The molecule has 0 spiro atoms. The van der Waals surface area contributed by atoms with Gasteiger partial charge in [-0.25, -0.2) is 4.39 Å². The minimum Gasteiger partial charge on any atom is -0.481 e. The van der Waals surface area contributed by atoms with Gasteiger partial charge in [0.05, 0.1) is 17.4 Å². The number of benzene rings is 1. The van der Waals surface area contributed by atoms with Gasteiger partial charge in [0.15, 0.2) is 0 Å². The molecule has 9 nitrogen and oxygen atoms in total. The molecule has 1 aromatic carbocycles. The van der Waals surface area contributed by atoms with E-state index in [4.69, 9.17) is 5.11 Å². The van der Waals surface area contributed by atoms with Crippen LogP contribution < -0.4 is 5.32 Å². The smallest absolute Gasteiger partial charge is 0.322 e. The number of halogens is 1. The van der Waals surface area contributed by atoms with Crippen LogP contribution in [0, 0.1) is 22.9 Å². The summed E-state index contributed by atoms with van der Waals surface area (Å²) in [6.45, 7) is 1.39. The molecule has 0 bridgehead atoms. The van der Waals surface area contributed by atoms with Crippen LogP contribution in [-0.2, 0) is 11.8 Å². The number of nitrogens with zero attached hydrogens (tertiary/aromatic N) is 3. The van der Waals surface area contributed by atoms with E-state index in [2.05, 4.69) is 10.4 Å². The second kappa shape index (κ2) is 7.07. The fourth-order valence-electron chi connectivity index (χ4n) is 2.47. The van der Waals surface area contributed by atoms with Crippen LogP contribution in [-0.4, -0.2) is 31.7 Å². The van der Waals surface area contributed by atoms with Gasteiger partial charge in [0, 0.05) is 7.05 Å². The van der Waals surface area contributed by atoms with Crippen LogP contribution in [0.25, 0.3) is 0 Å². The Hall–Kier alpha value is -3.30. The Morgan fingerprint density at radius 2 is 2.00 bits per heavy atom. The van der Waals surface area contributed by atoms with Gasteiger partial charge in [-0.2, -0.15) is 5.10 Å². The fourth-order valence-corrected chi connectivity index (χ4v) is 2.47. The molecular weight excluding hydrogens is 335 g/mol. The maximum absolute atomic E-state index is 13.0. The van der Waals surface area contributed by atoms with Crippen molar-refractivity contribution in [1.82, 2.24) is 15.1 Å². The van der Waals surface area contributed by atoms with Gasteiger partial charge in [0.25, 0.3) is 5.91 Å². The number of nitrogens with one attached hydrogen (secondary N) is 1. The van der Waals surface area contributed by atoms with Gasteiger partial charge in [-0.15, -0.1) is 0 Å². The predicted molar refractivity (Wildman–Crippen MR) is 83.5 cm³/mol. The largest absolute Gasteiger partial charge is 0.481 e. The minimum absolute atomic E-state index is 0.0641. The van der Waals surface area contributed by atoms with E-state index in [-0.39, 0.29) is 11.4 Å². The number of carboxylic acid groups (broad SMARTS) is 1. The van der Waals surface area contributed by atoms with Gasteiger partial charge in [-0.3, -0.25) is 24.4 Å². The van der Waals surface area contributed by atoms with Crippen molar-refractivity contribution in [2.75, 3.05) is 0 Å². The van der Waals surface area contributed by atoms with Crippen LogP contribution in [0.1, 0.15) is 34.2 Å². The normalized spacial score (nSPS) is 11.8. The molecule has 0 fully saturated rings. The molecule has 2 rings (SSSR count). The van der Waals surface area contributed by atoms with Crippen molar-refractivity contribution in [3.8, 4) is 0 Å². The van der Waals surface area contributed by atoms with Crippen LogP contribution in [0.2, 0.25) is 0 Å². The van der Waals surface area contributed by atoms with Crippen molar-refractivity contribution in [1.29, 1.82) is 0 Å². The highest BCUT2D eigenvalue weighted by Crippen LogP contribution is 2.24. The first-order valence-corrected chi connectivity index (χ1v) is 7.16. The van der Waals surface area contributed by atoms with Crippen LogP contribution >= 0.6 is 0 Å². The lowest BCUT2D eigenvalue weighted by Crippen LogP contribution is -2.32. The molecule has 1 aromatic heterocycles. The number of carbonyl (C=O) groups is 2. The van der Waals surface area contributed by atoms with Crippen molar-refractivity contribution < 1.29 is 24.0 Å². The minimum atomic E-state index is -1.19. The van der Waals surface area contributed by atoms with Gasteiger partial charge in [0.2, 0.25) is 5.69 Å². The third-order valence-corrected chi connectivity index (χ3v) is 3.54. The van der Waals surface area contributed by atoms with Crippen molar-refractivity contribution in [2.24, 2.45) is 7.05 Å². The van der Waals surface area contributed by atoms with Crippen LogP contribution in [0.3, 0.4) is 0 Å². The summed E-state index contributed by atoms with van der Waals surface area (Å²) in [4.78, 5) is 34.0. The van der Waals surface area contributed by atoms with Crippen LogP contribution in [0.5, 0.6) is 0 Å². The van der Waals surface area contributed by atoms with E-state index in [9.17, 15) is 24.1 Å². The van der Waals surface area contributed by atoms with Gasteiger partial charge in [-0.1, -0.05) is 12.1 Å². The molecule has 0 aliphatic carbocycles. The van der Waals surface area contributed by atoms with Gasteiger partial charge in [-0.05, 0) is 24.6 Å². The number of aliphatic carboxylic acids is 1. The lowest BCUT2D eigenvalue weighted by atomic mass is 10.0. The number of carbonyl (C=O) groups excluding carboxylic acids is 1. The summed E-state index contributed by atoms with van der Waals surface area (Å²) < 4.78 is 14.1. The number of amides is 1. The third kappa shape index (κ3) is 3.97. The molecule has 2 N–H and O–H groups in total. The van der Waals surface area contributed by atoms with E-state index in [1.165, 1.54) is 26.1 Å². The highest BCUT2D eigenvalue weighted by atomic mass is 19.1. The first-order chi connectivity index (χ1) is 11.7. The Kier molecular flexibility index (Phi) is 5.11. The Labute approximate surface area is 141 Å². The maximum atomic E-state index is 13.0. The molecule has 1 heterocycles. The van der Waals surface area contributed by atoms with Crippen molar-refractivity contribution in [3.05, 3.63) is 57.1 Å². The summed E-state index contributed by atoms with van der Waals surface area (Å²) >= 11 is 0. The quantitative estimate of drug-likeness (QED) is 0.603. The first-order valence-electron chi connectivity index (χ1n) is 7.16. The summed E-state index contributed by atoms with van der Waals surface area (Å²) in [6.07, 6.45) is -0.470. The van der Waals surface area contributed by atoms with E-state index >= 15 is 0 Å². The van der Waals surface area contributed by atoms with Gasteiger partial charge in [0.1, 0.15) is 11.5 Å². The van der Waals surface area contributed by atoms with E-state index in [0.717, 1.165) is 16.8 Å². The van der Waals surface area contributed by atoms with Crippen LogP contribution in [0.4, 0.5) is 10.1 Å². The second-order valence-corrected chi connectivity index (χ2v) is 5.34. The monoisotopic (exact) mass is 350 g/mol. The fraction of sp³-hybridized carbons (Fsp3) is 0.267. The SMILES string of the molecule is Cc1nn(C)c(C(=O)NC(CC(=O)O)c2ccc(F)cc2)c1[N+](=O)[O-]. The Morgan fingerprint density at radius 3 is 2.52 bits per heavy atom. The Bertz CT molecular complexity index is 831. The number of aromatic nitrogens is 2. The number of hydrogen-bond acceptors (Lipinski definition) is 5. The Morgan fingerprint density at radius 1 is 1.40 bits per heavy atom. The summed E-state index contributed by atoms with van der Waals surface area (Å²) in [5.74, 6) is -2.54. The molecule has 0 aliphatic rings. The molecular formula is C15H15FN4O5. The molecule has 132 valence electrons. The molecule has 1 amide bonds. The third-order valence-electron chi connectivity index (χ3n) is 3.54. The predicted octanol–water partition coefficient (Wildman–Crippen LogP) is 1.72. The van der Waals surface area contributed by atoms with Gasteiger partial charge >= 0.3 is 11.7 Å². The van der Waals surface area contributed by atoms with E-state index < -0.39 is 40.8 Å². The lowest BCUT2D eigenvalue weighted by Gasteiger charge is -2.17. The summed E-state index contributed by atoms with van der Waals surface area (Å²) in [5, 5.41) is 26.5. The molecule has 1 unspecified atom stereocenters. The molecule has 25 heavy (non-hydrogen) atoms. The topological polar surface area (TPSA) is 127 Å². The molecule has 2 aromatic rings.